The molecule has 4 rings (SSSR count). The lowest BCUT2D eigenvalue weighted by molar-refractivity contribution is 0.0958. The molecule has 7 nitrogen and oxygen atoms in total. The maximum Gasteiger partial charge on any atom is 0.262 e. The van der Waals surface area contributed by atoms with E-state index in [-0.39, 0.29) is 11.4 Å². The number of allylic oxidation sites excluding steroid dienone is 4. The van der Waals surface area contributed by atoms with Crippen LogP contribution in [0.3, 0.4) is 0 Å². The fraction of sp³-hybridized carbons (Fsp3) is 0.423. The number of likely N-dealkylation sites (tertiary alicyclic amines) is 1. The van der Waals surface area contributed by atoms with E-state index in [0.29, 0.717) is 29.0 Å². The number of aromatic nitrogens is 2. The van der Waals surface area contributed by atoms with Crippen molar-refractivity contribution in [1.29, 1.82) is 0 Å². The molecule has 0 bridgehead atoms. The quantitative estimate of drug-likeness (QED) is 0.495. The second-order valence-corrected chi connectivity index (χ2v) is 10.6. The predicted molar refractivity (Wildman–Crippen MR) is 141 cm³/mol. The molecular formula is C26H31Cl2N5O2. The minimum Gasteiger partial charge on any atom is -0.480 e. The SMILES string of the molecule is COc1nc(Nc2ccc(C3CCN(C)CC3)c(C)c2)ncc1C(=O)NC1=C(Cl)C=CCC1(C)Cl. The summed E-state index contributed by atoms with van der Waals surface area (Å²) in [7, 11) is 3.64. The number of carbonyl (C=O) groups excluding carboxylic acids is 1. The van der Waals surface area contributed by atoms with Crippen molar-refractivity contribution in [2.75, 3.05) is 32.6 Å². The van der Waals surface area contributed by atoms with Crippen molar-refractivity contribution >= 4 is 40.7 Å². The number of anilines is 2. The number of ether oxygens (including phenoxy) is 1. The van der Waals surface area contributed by atoms with Gasteiger partial charge in [0.05, 0.1) is 22.7 Å². The molecule has 1 unspecified atom stereocenters. The molecule has 35 heavy (non-hydrogen) atoms. The van der Waals surface area contributed by atoms with Gasteiger partial charge in [0, 0.05) is 11.9 Å². The first-order valence-corrected chi connectivity index (χ1v) is 12.5. The standard InChI is InChI=1S/C26H31Cl2N5O2/c1-16-14-18(7-8-19(16)17-9-12-33(3)13-10-17)30-25-29-15-20(24(32-25)35-4)23(34)31-22-21(27)6-5-11-26(22,2)28/h5-8,14-15,17H,9-13H2,1-4H3,(H,31,34)(H,29,30,32). The van der Waals surface area contributed by atoms with E-state index in [1.54, 1.807) is 13.0 Å². The van der Waals surface area contributed by atoms with E-state index in [0.717, 1.165) is 18.8 Å². The minimum atomic E-state index is -0.811. The van der Waals surface area contributed by atoms with Gasteiger partial charge in [0.2, 0.25) is 11.8 Å². The highest BCUT2D eigenvalue weighted by molar-refractivity contribution is 6.34. The Bertz CT molecular complexity index is 1170. The van der Waals surface area contributed by atoms with Gasteiger partial charge >= 0.3 is 0 Å². The number of carbonyl (C=O) groups is 1. The number of hydrogen-bond donors (Lipinski definition) is 2. The van der Waals surface area contributed by atoms with Crippen molar-refractivity contribution < 1.29 is 9.53 Å². The maximum absolute atomic E-state index is 13.0. The second kappa shape index (κ2) is 10.6. The van der Waals surface area contributed by atoms with Gasteiger partial charge in [0.25, 0.3) is 5.91 Å². The van der Waals surface area contributed by atoms with Crippen molar-refractivity contribution in [3.05, 3.63) is 64.0 Å². The lowest BCUT2D eigenvalue weighted by Gasteiger charge is -2.30. The summed E-state index contributed by atoms with van der Waals surface area (Å²) in [6.07, 6.45) is 7.93. The Hall–Kier alpha value is -2.61. The number of halogens is 2. The summed E-state index contributed by atoms with van der Waals surface area (Å²) in [5.74, 6) is 0.637. The van der Waals surface area contributed by atoms with Crippen molar-refractivity contribution in [3.8, 4) is 5.88 Å². The van der Waals surface area contributed by atoms with Crippen LogP contribution in [0, 0.1) is 6.92 Å². The van der Waals surface area contributed by atoms with Gasteiger partial charge in [-0.1, -0.05) is 23.7 Å². The monoisotopic (exact) mass is 515 g/mol. The number of methoxy groups -OCH3 is 1. The number of piperidine rings is 1. The summed E-state index contributed by atoms with van der Waals surface area (Å²) in [5, 5.41) is 6.42. The number of alkyl halides is 1. The lowest BCUT2D eigenvalue weighted by atomic mass is 9.87. The molecule has 1 aromatic carbocycles. The van der Waals surface area contributed by atoms with Crippen LogP contribution in [0.25, 0.3) is 0 Å². The molecule has 1 aliphatic carbocycles. The van der Waals surface area contributed by atoms with Crippen LogP contribution in [0.15, 0.2) is 47.3 Å². The Morgan fingerprint density at radius 2 is 2.03 bits per heavy atom. The van der Waals surface area contributed by atoms with Crippen LogP contribution in [0.4, 0.5) is 11.6 Å². The summed E-state index contributed by atoms with van der Waals surface area (Å²) < 4.78 is 5.39. The molecule has 2 heterocycles. The van der Waals surface area contributed by atoms with Gasteiger partial charge in [0.15, 0.2) is 0 Å². The normalized spacial score (nSPS) is 21.2. The van der Waals surface area contributed by atoms with E-state index in [1.165, 1.54) is 37.3 Å². The summed E-state index contributed by atoms with van der Waals surface area (Å²) >= 11 is 12.8. The third-order valence-electron chi connectivity index (χ3n) is 6.64. The van der Waals surface area contributed by atoms with Crippen LogP contribution in [-0.4, -0.2) is 52.9 Å². The van der Waals surface area contributed by atoms with Crippen LogP contribution in [0.1, 0.15) is 53.6 Å². The first-order valence-electron chi connectivity index (χ1n) is 11.7. The molecule has 1 saturated heterocycles. The van der Waals surface area contributed by atoms with Gasteiger partial charge in [-0.05, 0) is 88.5 Å². The summed E-state index contributed by atoms with van der Waals surface area (Å²) in [6.45, 7) is 6.19. The lowest BCUT2D eigenvalue weighted by Crippen LogP contribution is -2.36. The number of rotatable bonds is 6. The average Bonchev–Trinajstić information content (AvgIpc) is 2.82. The largest absolute Gasteiger partial charge is 0.480 e. The number of nitrogens with one attached hydrogen (secondary N) is 2. The fourth-order valence-corrected chi connectivity index (χ4v) is 5.22. The van der Waals surface area contributed by atoms with Gasteiger partial charge in [0.1, 0.15) is 5.56 Å². The minimum absolute atomic E-state index is 0.152. The van der Waals surface area contributed by atoms with E-state index in [2.05, 4.69) is 51.6 Å². The number of amides is 1. The molecule has 1 fully saturated rings. The molecule has 0 radical (unpaired) electrons. The molecule has 1 aromatic heterocycles. The van der Waals surface area contributed by atoms with Gasteiger partial charge < -0.3 is 20.3 Å². The molecule has 1 aliphatic heterocycles. The van der Waals surface area contributed by atoms with Crippen LogP contribution in [-0.2, 0) is 0 Å². The molecule has 0 saturated carbocycles. The van der Waals surface area contributed by atoms with E-state index >= 15 is 0 Å². The van der Waals surface area contributed by atoms with Crippen molar-refractivity contribution in [2.45, 2.75) is 43.9 Å². The van der Waals surface area contributed by atoms with Crippen molar-refractivity contribution in [1.82, 2.24) is 20.2 Å². The third-order valence-corrected chi connectivity index (χ3v) is 7.30. The molecule has 2 aromatic rings. The fourth-order valence-electron chi connectivity index (χ4n) is 4.59. The number of aryl methyl sites for hydroxylation is 1. The Morgan fingerprint density at radius 1 is 1.29 bits per heavy atom. The van der Waals surface area contributed by atoms with Crippen LogP contribution in [0.5, 0.6) is 5.88 Å². The molecule has 1 atom stereocenters. The van der Waals surface area contributed by atoms with E-state index in [9.17, 15) is 4.79 Å². The van der Waals surface area contributed by atoms with Crippen LogP contribution >= 0.6 is 23.2 Å². The van der Waals surface area contributed by atoms with E-state index in [4.69, 9.17) is 27.9 Å². The molecule has 9 heteroatoms. The zero-order valence-corrected chi connectivity index (χ0v) is 22.0. The Labute approximate surface area is 216 Å². The van der Waals surface area contributed by atoms with Crippen LogP contribution in [0.2, 0.25) is 0 Å². The molecule has 2 N–H and O–H groups in total. The topological polar surface area (TPSA) is 79.4 Å². The van der Waals surface area contributed by atoms with Gasteiger partial charge in [-0.3, -0.25) is 4.79 Å². The molecule has 186 valence electrons. The number of nitrogens with zero attached hydrogens (tertiary/aromatic N) is 3. The zero-order chi connectivity index (χ0) is 25.2. The van der Waals surface area contributed by atoms with Gasteiger partial charge in [-0.2, -0.15) is 4.98 Å². The van der Waals surface area contributed by atoms with Gasteiger partial charge in [-0.25, -0.2) is 4.98 Å². The third kappa shape index (κ3) is 5.80. The highest BCUT2D eigenvalue weighted by Crippen LogP contribution is 2.35. The maximum atomic E-state index is 13.0. The Kier molecular flexibility index (Phi) is 7.69. The average molecular weight is 516 g/mol. The second-order valence-electron chi connectivity index (χ2n) is 9.37. The first kappa shape index (κ1) is 25.5. The molecule has 0 spiro atoms. The predicted octanol–water partition coefficient (Wildman–Crippen LogP) is 5.48. The molecular weight excluding hydrogens is 485 g/mol. The summed E-state index contributed by atoms with van der Waals surface area (Å²) in [4.78, 5) is 23.3. The Balaban J connectivity index is 1.49. The Morgan fingerprint density at radius 3 is 2.69 bits per heavy atom. The number of benzene rings is 1. The zero-order valence-electron chi connectivity index (χ0n) is 20.5. The van der Waals surface area contributed by atoms with Crippen molar-refractivity contribution in [3.63, 3.8) is 0 Å². The van der Waals surface area contributed by atoms with Crippen LogP contribution < -0.4 is 15.4 Å². The molecule has 1 amide bonds. The molecule has 2 aliphatic rings. The van der Waals surface area contributed by atoms with E-state index < -0.39 is 10.8 Å². The smallest absolute Gasteiger partial charge is 0.262 e. The highest BCUT2D eigenvalue weighted by atomic mass is 35.5. The van der Waals surface area contributed by atoms with Gasteiger partial charge in [-0.15, -0.1) is 11.6 Å². The van der Waals surface area contributed by atoms with E-state index in [1.807, 2.05) is 12.1 Å². The number of hydrogen-bond acceptors (Lipinski definition) is 6. The summed E-state index contributed by atoms with van der Waals surface area (Å²) in [5.41, 5.74) is 4.14. The highest BCUT2D eigenvalue weighted by Gasteiger charge is 2.32. The van der Waals surface area contributed by atoms with Crippen molar-refractivity contribution in [2.24, 2.45) is 0 Å². The summed E-state index contributed by atoms with van der Waals surface area (Å²) in [6, 6.07) is 6.34. The first-order chi connectivity index (χ1) is 16.7.